The third-order valence-corrected chi connectivity index (χ3v) is 8.32. The molecule has 2 N–H and O–H groups in total. The van der Waals surface area contributed by atoms with Crippen molar-refractivity contribution in [3.05, 3.63) is 36.4 Å². The summed E-state index contributed by atoms with van der Waals surface area (Å²) in [4.78, 5) is 31.6. The molecule has 0 saturated carbocycles. The number of ether oxygens (including phenoxy) is 2. The maximum atomic E-state index is 13.3. The normalized spacial score (nSPS) is 11.5. The fourth-order valence-corrected chi connectivity index (χ4v) is 4.34. The summed E-state index contributed by atoms with van der Waals surface area (Å²) in [6.45, 7) is 4.20. The van der Waals surface area contributed by atoms with E-state index in [0.29, 0.717) is 47.1 Å². The SMILES string of the molecule is CCP(=O)(CC)CON(CCn1cnc2c(N)ncnc21)C(=O)c1ccc(OC)c(OC)c1. The number of nitrogens with two attached hydrogens (primary N) is 1. The van der Waals surface area contributed by atoms with Crippen molar-refractivity contribution in [2.75, 3.05) is 45.2 Å². The summed E-state index contributed by atoms with van der Waals surface area (Å²) < 4.78 is 25.2. The number of imidazole rings is 1. The fourth-order valence-electron chi connectivity index (χ4n) is 3.18. The number of amides is 1. The molecule has 12 heteroatoms. The summed E-state index contributed by atoms with van der Waals surface area (Å²) in [6.07, 6.45) is 3.89. The van der Waals surface area contributed by atoms with Crippen molar-refractivity contribution in [1.29, 1.82) is 0 Å². The van der Waals surface area contributed by atoms with Gasteiger partial charge in [-0.25, -0.2) is 20.0 Å². The molecule has 0 radical (unpaired) electrons. The molecule has 0 fully saturated rings. The van der Waals surface area contributed by atoms with Gasteiger partial charge in [-0.3, -0.25) is 9.63 Å². The summed E-state index contributed by atoms with van der Waals surface area (Å²) in [5, 5.41) is 1.22. The first kappa shape index (κ1) is 24.5. The van der Waals surface area contributed by atoms with E-state index in [0.717, 1.165) is 0 Å². The van der Waals surface area contributed by atoms with Crippen molar-refractivity contribution >= 4 is 30.0 Å². The molecule has 11 nitrogen and oxygen atoms in total. The number of methoxy groups -OCH3 is 2. The number of hydrogen-bond acceptors (Lipinski definition) is 9. The predicted molar refractivity (Wildman–Crippen MR) is 125 cm³/mol. The first-order valence-corrected chi connectivity index (χ1v) is 12.8. The van der Waals surface area contributed by atoms with Crippen molar-refractivity contribution < 1.29 is 23.7 Å². The van der Waals surface area contributed by atoms with Crippen LogP contribution in [0.3, 0.4) is 0 Å². The van der Waals surface area contributed by atoms with Gasteiger partial charge >= 0.3 is 0 Å². The van der Waals surface area contributed by atoms with Crippen LogP contribution in [-0.4, -0.2) is 69.9 Å². The van der Waals surface area contributed by atoms with Crippen LogP contribution in [0.15, 0.2) is 30.9 Å². The first-order valence-electron chi connectivity index (χ1n) is 10.5. The van der Waals surface area contributed by atoms with E-state index in [2.05, 4.69) is 15.0 Å². The Bertz CT molecular complexity index is 1160. The number of carbonyl (C=O) groups is 1. The number of aromatic nitrogens is 4. The Morgan fingerprint density at radius 1 is 1.12 bits per heavy atom. The molecule has 1 aromatic carbocycles. The second kappa shape index (κ2) is 10.6. The van der Waals surface area contributed by atoms with Gasteiger partial charge in [0.25, 0.3) is 5.91 Å². The van der Waals surface area contributed by atoms with Gasteiger partial charge in [0.1, 0.15) is 25.3 Å². The number of nitrogens with zero attached hydrogens (tertiary/aromatic N) is 5. The Hall–Kier alpha value is -3.17. The van der Waals surface area contributed by atoms with E-state index < -0.39 is 13.0 Å². The highest BCUT2D eigenvalue weighted by Gasteiger charge is 2.24. The molecule has 0 aliphatic rings. The predicted octanol–water partition coefficient (Wildman–Crippen LogP) is 2.86. The van der Waals surface area contributed by atoms with E-state index >= 15 is 0 Å². The number of carbonyl (C=O) groups excluding carboxylic acids is 1. The zero-order chi connectivity index (χ0) is 24.0. The van der Waals surface area contributed by atoms with E-state index in [-0.39, 0.29) is 18.7 Å². The van der Waals surface area contributed by atoms with Crippen LogP contribution >= 0.6 is 7.14 Å². The maximum absolute atomic E-state index is 13.3. The van der Waals surface area contributed by atoms with E-state index in [9.17, 15) is 9.36 Å². The smallest absolute Gasteiger partial charge is 0.277 e. The molecule has 33 heavy (non-hydrogen) atoms. The van der Waals surface area contributed by atoms with Gasteiger partial charge in [0.2, 0.25) is 0 Å². The van der Waals surface area contributed by atoms with Crippen LogP contribution in [0, 0.1) is 0 Å². The highest BCUT2D eigenvalue weighted by Crippen LogP contribution is 2.44. The molecule has 0 aliphatic carbocycles. The average molecular weight is 476 g/mol. The summed E-state index contributed by atoms with van der Waals surface area (Å²) >= 11 is 0. The third-order valence-electron chi connectivity index (χ3n) is 5.43. The Labute approximate surface area is 192 Å². The molecule has 0 unspecified atom stereocenters. The van der Waals surface area contributed by atoms with Crippen molar-refractivity contribution in [2.24, 2.45) is 0 Å². The molecule has 1 amide bonds. The van der Waals surface area contributed by atoms with Gasteiger partial charge in [-0.05, 0) is 18.2 Å². The van der Waals surface area contributed by atoms with Crippen molar-refractivity contribution in [3.63, 3.8) is 0 Å². The average Bonchev–Trinajstić information content (AvgIpc) is 3.27. The largest absolute Gasteiger partial charge is 0.493 e. The zero-order valence-electron chi connectivity index (χ0n) is 19.2. The number of anilines is 1. The molecule has 2 aromatic heterocycles. The minimum Gasteiger partial charge on any atom is -0.493 e. The number of hydroxylamine groups is 2. The molecular weight excluding hydrogens is 447 g/mol. The summed E-state index contributed by atoms with van der Waals surface area (Å²) in [7, 11) is 0.477. The van der Waals surface area contributed by atoms with Gasteiger partial charge in [-0.2, -0.15) is 0 Å². The Morgan fingerprint density at radius 2 is 1.85 bits per heavy atom. The summed E-state index contributed by atoms with van der Waals surface area (Å²) in [6, 6.07) is 4.85. The minimum absolute atomic E-state index is 0.0289. The number of nitrogen functional groups attached to an aromatic ring is 1. The standard InChI is InChI=1S/C21H29N6O5P/c1-5-33(29,6-2)14-32-27(21(28)15-7-8-16(30-3)17(11-15)31-4)10-9-26-13-25-18-19(22)23-12-24-20(18)26/h7-8,11-13H,5-6,9-10,14H2,1-4H3,(H2,22,23,24). The second-order valence-corrected chi connectivity index (χ2v) is 10.9. The highest BCUT2D eigenvalue weighted by molar-refractivity contribution is 7.63. The van der Waals surface area contributed by atoms with Crippen LogP contribution in [-0.2, 0) is 15.9 Å². The lowest BCUT2D eigenvalue weighted by molar-refractivity contribution is -0.106. The molecule has 2 heterocycles. The third kappa shape index (κ3) is 5.43. The number of hydrogen-bond donors (Lipinski definition) is 1. The number of fused-ring (bicyclic) bond motifs is 1. The van der Waals surface area contributed by atoms with Crippen LogP contribution in [0.1, 0.15) is 24.2 Å². The molecule has 0 spiro atoms. The fraction of sp³-hybridized carbons (Fsp3) is 0.429. The number of rotatable bonds is 11. The lowest BCUT2D eigenvalue weighted by atomic mass is 10.2. The van der Waals surface area contributed by atoms with Gasteiger partial charge in [0.15, 0.2) is 23.0 Å². The van der Waals surface area contributed by atoms with Gasteiger partial charge in [0.05, 0.1) is 27.1 Å². The maximum Gasteiger partial charge on any atom is 0.277 e. The van der Waals surface area contributed by atoms with E-state index in [1.165, 1.54) is 25.6 Å². The van der Waals surface area contributed by atoms with Crippen LogP contribution in [0.2, 0.25) is 0 Å². The lowest BCUT2D eigenvalue weighted by Gasteiger charge is -2.25. The Balaban J connectivity index is 1.86. The molecular formula is C21H29N6O5P. The first-order chi connectivity index (χ1) is 15.9. The highest BCUT2D eigenvalue weighted by atomic mass is 31.2. The summed E-state index contributed by atoms with van der Waals surface area (Å²) in [5.74, 6) is 0.808. The van der Waals surface area contributed by atoms with E-state index in [4.69, 9.17) is 20.0 Å². The Morgan fingerprint density at radius 3 is 2.52 bits per heavy atom. The molecule has 0 saturated heterocycles. The molecule has 3 aromatic rings. The molecule has 0 bridgehead atoms. The van der Waals surface area contributed by atoms with Crippen molar-refractivity contribution in [3.8, 4) is 11.5 Å². The van der Waals surface area contributed by atoms with Gasteiger partial charge in [-0.1, -0.05) is 13.8 Å². The van der Waals surface area contributed by atoms with Gasteiger partial charge in [0, 0.05) is 24.4 Å². The minimum atomic E-state index is -2.54. The number of benzene rings is 1. The second-order valence-electron chi connectivity index (χ2n) is 7.29. The summed E-state index contributed by atoms with van der Waals surface area (Å²) in [5.41, 5.74) is 7.24. The van der Waals surface area contributed by atoms with Gasteiger partial charge in [-0.15, -0.1) is 0 Å². The van der Waals surface area contributed by atoms with Crippen LogP contribution in [0.25, 0.3) is 11.2 Å². The van der Waals surface area contributed by atoms with Crippen molar-refractivity contribution in [1.82, 2.24) is 24.6 Å². The quantitative estimate of drug-likeness (QED) is 0.327. The Kier molecular flexibility index (Phi) is 7.88. The lowest BCUT2D eigenvalue weighted by Crippen LogP contribution is -2.34. The molecule has 0 aliphatic heterocycles. The monoisotopic (exact) mass is 476 g/mol. The van der Waals surface area contributed by atoms with Gasteiger partial charge < -0.3 is 24.3 Å². The zero-order valence-corrected chi connectivity index (χ0v) is 20.1. The molecule has 3 rings (SSSR count). The van der Waals surface area contributed by atoms with E-state index in [1.54, 1.807) is 29.1 Å². The van der Waals surface area contributed by atoms with Crippen LogP contribution in [0.4, 0.5) is 5.82 Å². The molecule has 0 atom stereocenters. The van der Waals surface area contributed by atoms with Crippen LogP contribution in [0.5, 0.6) is 11.5 Å². The topological polar surface area (TPSA) is 135 Å². The van der Waals surface area contributed by atoms with Crippen molar-refractivity contribution in [2.45, 2.75) is 20.4 Å². The molecule has 178 valence electrons. The van der Waals surface area contributed by atoms with Crippen LogP contribution < -0.4 is 15.2 Å². The van der Waals surface area contributed by atoms with E-state index in [1.807, 2.05) is 13.8 Å².